The predicted octanol–water partition coefficient (Wildman–Crippen LogP) is 2.88. The maximum absolute atomic E-state index is 12.1. The molecule has 0 saturated heterocycles. The van der Waals surface area contributed by atoms with Crippen molar-refractivity contribution in [3.8, 4) is 0 Å². The summed E-state index contributed by atoms with van der Waals surface area (Å²) in [4.78, 5) is 27.2. The van der Waals surface area contributed by atoms with Crippen molar-refractivity contribution in [1.82, 2.24) is 4.98 Å². The van der Waals surface area contributed by atoms with Crippen LogP contribution in [0.1, 0.15) is 38.8 Å². The second kappa shape index (κ2) is 6.33. The number of thiazole rings is 1. The first-order valence-corrected chi connectivity index (χ1v) is 7.61. The second-order valence-electron chi connectivity index (χ2n) is 4.31. The van der Waals surface area contributed by atoms with Gasteiger partial charge in [-0.15, -0.1) is 11.3 Å². The highest BCUT2D eigenvalue weighted by Crippen LogP contribution is 2.25. The molecule has 4 N–H and O–H groups in total. The highest BCUT2D eigenvalue weighted by atomic mass is 79.9. The molecular weight excluding hydrogens is 358 g/mol. The molecule has 0 aliphatic carbocycles. The van der Waals surface area contributed by atoms with Crippen LogP contribution in [0.5, 0.6) is 0 Å². The van der Waals surface area contributed by atoms with Crippen molar-refractivity contribution in [2.75, 3.05) is 5.32 Å². The molecule has 0 fully saturated rings. The van der Waals surface area contributed by atoms with Gasteiger partial charge in [0.2, 0.25) is 0 Å². The number of carboxylic acid groups (broad SMARTS) is 1. The Balaban J connectivity index is 2.22. The molecule has 2 rings (SSSR count). The van der Waals surface area contributed by atoms with Crippen molar-refractivity contribution in [2.45, 2.75) is 13.0 Å². The largest absolute Gasteiger partial charge is 0.478 e. The first kappa shape index (κ1) is 15.6. The molecule has 1 aromatic carbocycles. The number of benzene rings is 1. The summed E-state index contributed by atoms with van der Waals surface area (Å²) in [6.07, 6.45) is 0. The van der Waals surface area contributed by atoms with Crippen molar-refractivity contribution >= 4 is 44.8 Å². The SMILES string of the molecule is CC(N)c1nc(C(=O)Nc2cc(C(=O)O)ccc2Br)cs1. The molecule has 1 amide bonds. The lowest BCUT2D eigenvalue weighted by atomic mass is 10.2. The Morgan fingerprint density at radius 3 is 2.76 bits per heavy atom. The maximum Gasteiger partial charge on any atom is 0.335 e. The minimum atomic E-state index is -1.06. The van der Waals surface area contributed by atoms with E-state index >= 15 is 0 Å². The third kappa shape index (κ3) is 3.66. The van der Waals surface area contributed by atoms with Crippen LogP contribution in [0, 0.1) is 0 Å². The topological polar surface area (TPSA) is 105 Å². The molecule has 2 aromatic rings. The fourth-order valence-electron chi connectivity index (χ4n) is 1.54. The van der Waals surface area contributed by atoms with E-state index in [0.717, 1.165) is 0 Å². The van der Waals surface area contributed by atoms with Crippen molar-refractivity contribution < 1.29 is 14.7 Å². The molecule has 21 heavy (non-hydrogen) atoms. The number of carbonyl (C=O) groups excluding carboxylic acids is 1. The Hall–Kier alpha value is -1.77. The van der Waals surface area contributed by atoms with E-state index in [1.807, 2.05) is 0 Å². The number of nitrogens with one attached hydrogen (secondary N) is 1. The number of aromatic carboxylic acids is 1. The summed E-state index contributed by atoms with van der Waals surface area (Å²) in [6, 6.07) is 4.15. The van der Waals surface area contributed by atoms with Gasteiger partial charge in [-0.1, -0.05) is 0 Å². The molecular formula is C13H12BrN3O3S. The molecule has 0 saturated carbocycles. The van der Waals surface area contributed by atoms with Gasteiger partial charge in [0.15, 0.2) is 0 Å². The van der Waals surface area contributed by atoms with Gasteiger partial charge >= 0.3 is 5.97 Å². The molecule has 1 unspecified atom stereocenters. The first-order valence-electron chi connectivity index (χ1n) is 5.93. The van der Waals surface area contributed by atoms with Gasteiger partial charge in [-0.05, 0) is 41.1 Å². The average molecular weight is 370 g/mol. The number of nitrogens with zero attached hydrogens (tertiary/aromatic N) is 1. The Bertz CT molecular complexity index is 700. The minimum absolute atomic E-state index is 0.0862. The van der Waals surface area contributed by atoms with Crippen LogP contribution >= 0.6 is 27.3 Å². The Morgan fingerprint density at radius 1 is 1.48 bits per heavy atom. The lowest BCUT2D eigenvalue weighted by Gasteiger charge is -2.07. The van der Waals surface area contributed by atoms with Gasteiger partial charge < -0.3 is 16.2 Å². The Morgan fingerprint density at radius 2 is 2.19 bits per heavy atom. The fourth-order valence-corrected chi connectivity index (χ4v) is 2.65. The maximum atomic E-state index is 12.1. The van der Waals surface area contributed by atoms with Gasteiger partial charge in [0.1, 0.15) is 10.7 Å². The van der Waals surface area contributed by atoms with E-state index in [-0.39, 0.29) is 17.3 Å². The smallest absolute Gasteiger partial charge is 0.335 e. The molecule has 6 nitrogen and oxygen atoms in total. The molecule has 0 spiro atoms. The quantitative estimate of drug-likeness (QED) is 0.768. The molecule has 110 valence electrons. The number of hydrogen-bond donors (Lipinski definition) is 3. The van der Waals surface area contributed by atoms with Crippen molar-refractivity contribution in [1.29, 1.82) is 0 Å². The molecule has 0 radical (unpaired) electrons. The van der Waals surface area contributed by atoms with Gasteiger partial charge in [0.05, 0.1) is 17.3 Å². The highest BCUT2D eigenvalue weighted by Gasteiger charge is 2.15. The second-order valence-corrected chi connectivity index (χ2v) is 6.06. The zero-order valence-corrected chi connectivity index (χ0v) is 13.4. The number of aromatic nitrogens is 1. The molecule has 1 heterocycles. The number of anilines is 1. The summed E-state index contributed by atoms with van der Waals surface area (Å²) in [6.45, 7) is 1.79. The van der Waals surface area contributed by atoms with Crippen LogP contribution in [0.4, 0.5) is 5.69 Å². The summed E-state index contributed by atoms with van der Waals surface area (Å²) in [5.41, 5.74) is 6.41. The molecule has 0 aliphatic heterocycles. The standard InChI is InChI=1S/C13H12BrN3O3S/c1-6(15)12-17-10(5-21-12)11(18)16-9-4-7(13(19)20)2-3-8(9)14/h2-6H,15H2,1H3,(H,16,18)(H,19,20). The normalized spacial score (nSPS) is 12.0. The Labute approximate surface area is 133 Å². The Kier molecular flexibility index (Phi) is 4.71. The van der Waals surface area contributed by atoms with Crippen LogP contribution in [0.15, 0.2) is 28.1 Å². The highest BCUT2D eigenvalue weighted by molar-refractivity contribution is 9.10. The summed E-state index contributed by atoms with van der Waals surface area (Å²) in [5.74, 6) is -1.48. The fraction of sp³-hybridized carbons (Fsp3) is 0.154. The number of halogens is 1. The van der Waals surface area contributed by atoms with Gasteiger partial charge in [-0.2, -0.15) is 0 Å². The first-order chi connectivity index (χ1) is 9.88. The monoisotopic (exact) mass is 369 g/mol. The summed E-state index contributed by atoms with van der Waals surface area (Å²) in [7, 11) is 0. The van der Waals surface area contributed by atoms with E-state index in [4.69, 9.17) is 10.8 Å². The van der Waals surface area contributed by atoms with Crippen molar-refractivity contribution in [3.05, 3.63) is 44.3 Å². The number of hydrogen-bond acceptors (Lipinski definition) is 5. The molecule has 0 bridgehead atoms. The van der Waals surface area contributed by atoms with E-state index in [0.29, 0.717) is 15.2 Å². The van der Waals surface area contributed by atoms with Crippen LogP contribution in [0.3, 0.4) is 0 Å². The van der Waals surface area contributed by atoms with Crippen LogP contribution in [0.2, 0.25) is 0 Å². The van der Waals surface area contributed by atoms with E-state index in [2.05, 4.69) is 26.2 Å². The van der Waals surface area contributed by atoms with Gasteiger partial charge in [-0.25, -0.2) is 9.78 Å². The lowest BCUT2D eigenvalue weighted by molar-refractivity contribution is 0.0696. The lowest BCUT2D eigenvalue weighted by Crippen LogP contribution is -2.14. The van der Waals surface area contributed by atoms with Crippen LogP contribution < -0.4 is 11.1 Å². The van der Waals surface area contributed by atoms with Gasteiger partial charge in [-0.3, -0.25) is 4.79 Å². The number of carboxylic acids is 1. The van der Waals surface area contributed by atoms with Crippen LogP contribution in [-0.4, -0.2) is 22.0 Å². The summed E-state index contributed by atoms with van der Waals surface area (Å²) in [5, 5.41) is 13.9. The van der Waals surface area contributed by atoms with Crippen LogP contribution in [0.25, 0.3) is 0 Å². The zero-order valence-electron chi connectivity index (χ0n) is 11.0. The van der Waals surface area contributed by atoms with Gasteiger partial charge in [0, 0.05) is 9.85 Å². The minimum Gasteiger partial charge on any atom is -0.478 e. The number of carbonyl (C=O) groups is 2. The number of nitrogens with two attached hydrogens (primary N) is 1. The van der Waals surface area contributed by atoms with E-state index in [9.17, 15) is 9.59 Å². The molecule has 1 atom stereocenters. The van der Waals surface area contributed by atoms with Crippen molar-refractivity contribution in [2.24, 2.45) is 5.73 Å². The average Bonchev–Trinajstić information content (AvgIpc) is 2.90. The van der Waals surface area contributed by atoms with Gasteiger partial charge in [0.25, 0.3) is 5.91 Å². The summed E-state index contributed by atoms with van der Waals surface area (Å²) >= 11 is 4.57. The van der Waals surface area contributed by atoms with E-state index in [1.54, 1.807) is 18.4 Å². The third-order valence-corrected chi connectivity index (χ3v) is 4.34. The van der Waals surface area contributed by atoms with Crippen molar-refractivity contribution in [3.63, 3.8) is 0 Å². The van der Waals surface area contributed by atoms with E-state index < -0.39 is 11.9 Å². The summed E-state index contributed by atoms with van der Waals surface area (Å²) < 4.78 is 0.587. The molecule has 0 aliphatic rings. The molecule has 8 heteroatoms. The molecule has 1 aromatic heterocycles. The predicted molar refractivity (Wildman–Crippen MR) is 83.8 cm³/mol. The van der Waals surface area contributed by atoms with E-state index in [1.165, 1.54) is 23.5 Å². The number of amides is 1. The zero-order chi connectivity index (χ0) is 15.6. The number of rotatable bonds is 4. The van der Waals surface area contributed by atoms with Crippen LogP contribution in [-0.2, 0) is 0 Å². The third-order valence-electron chi connectivity index (χ3n) is 2.61.